The number of rotatable bonds is 5. The predicted octanol–water partition coefficient (Wildman–Crippen LogP) is -0.0912. The maximum atomic E-state index is 13.1. The third-order valence-corrected chi connectivity index (χ3v) is 5.54. The molecule has 1 saturated heterocycles. The molecule has 0 atom stereocenters. The molecule has 0 saturated carbocycles. The number of anilines is 1. The Labute approximate surface area is 173 Å². The van der Waals surface area contributed by atoms with Gasteiger partial charge in [0.1, 0.15) is 0 Å². The number of aromatic nitrogens is 4. The van der Waals surface area contributed by atoms with Gasteiger partial charge in [0.15, 0.2) is 22.7 Å². The number of benzene rings is 1. The zero-order chi connectivity index (χ0) is 21.4. The van der Waals surface area contributed by atoms with Crippen LogP contribution in [0.4, 0.5) is 5.95 Å². The van der Waals surface area contributed by atoms with Gasteiger partial charge in [-0.2, -0.15) is 4.98 Å². The van der Waals surface area contributed by atoms with Gasteiger partial charge in [-0.25, -0.2) is 4.79 Å². The van der Waals surface area contributed by atoms with Crippen molar-refractivity contribution in [2.24, 2.45) is 14.1 Å². The lowest BCUT2D eigenvalue weighted by Gasteiger charge is -2.29. The van der Waals surface area contributed by atoms with Crippen molar-refractivity contribution < 1.29 is 9.47 Å². The molecular formula is C20H26N6O4. The average molecular weight is 414 g/mol. The fourth-order valence-electron chi connectivity index (χ4n) is 3.94. The van der Waals surface area contributed by atoms with Crippen LogP contribution in [0.5, 0.6) is 11.5 Å². The number of ether oxygens (including phenoxy) is 2. The Morgan fingerprint density at radius 2 is 1.80 bits per heavy atom. The van der Waals surface area contributed by atoms with Crippen LogP contribution in [0.15, 0.2) is 27.8 Å². The topological polar surface area (TPSA) is 95.5 Å². The van der Waals surface area contributed by atoms with Crippen molar-refractivity contribution in [3.8, 4) is 11.5 Å². The zero-order valence-corrected chi connectivity index (χ0v) is 17.6. The second-order valence-electron chi connectivity index (χ2n) is 7.27. The van der Waals surface area contributed by atoms with E-state index in [4.69, 9.17) is 14.5 Å². The number of hydrogen-bond donors (Lipinski definition) is 1. The molecule has 2 aromatic heterocycles. The first-order chi connectivity index (χ1) is 14.5. The Kier molecular flexibility index (Phi) is 5.25. The van der Waals surface area contributed by atoms with Crippen LogP contribution in [-0.4, -0.2) is 59.1 Å². The summed E-state index contributed by atoms with van der Waals surface area (Å²) in [6.07, 6.45) is 0. The number of para-hydroxylation sites is 1. The molecule has 30 heavy (non-hydrogen) atoms. The van der Waals surface area contributed by atoms with Crippen molar-refractivity contribution in [3.05, 3.63) is 44.6 Å². The summed E-state index contributed by atoms with van der Waals surface area (Å²) < 4.78 is 15.4. The first-order valence-electron chi connectivity index (χ1n) is 9.79. The van der Waals surface area contributed by atoms with Crippen molar-refractivity contribution in [1.29, 1.82) is 0 Å². The van der Waals surface area contributed by atoms with Crippen molar-refractivity contribution in [3.63, 3.8) is 0 Å². The number of hydrogen-bond acceptors (Lipinski definition) is 7. The van der Waals surface area contributed by atoms with Gasteiger partial charge in [0, 0.05) is 45.8 Å². The molecule has 3 aromatic rings. The average Bonchev–Trinajstić information content (AvgIpc) is 3.16. The second-order valence-corrected chi connectivity index (χ2v) is 7.27. The minimum absolute atomic E-state index is 0.351. The van der Waals surface area contributed by atoms with E-state index in [1.165, 1.54) is 11.6 Å². The van der Waals surface area contributed by atoms with Gasteiger partial charge >= 0.3 is 5.69 Å². The summed E-state index contributed by atoms with van der Waals surface area (Å²) in [7, 11) is 6.30. The minimum atomic E-state index is -0.400. The second kappa shape index (κ2) is 7.86. The molecule has 3 heterocycles. The highest BCUT2D eigenvalue weighted by Crippen LogP contribution is 2.32. The van der Waals surface area contributed by atoms with Gasteiger partial charge in [0.2, 0.25) is 5.95 Å². The highest BCUT2D eigenvalue weighted by Gasteiger charge is 2.25. The molecule has 10 nitrogen and oxygen atoms in total. The highest BCUT2D eigenvalue weighted by atomic mass is 16.5. The first kappa shape index (κ1) is 20.0. The number of methoxy groups -OCH3 is 2. The molecule has 1 aromatic carbocycles. The summed E-state index contributed by atoms with van der Waals surface area (Å²) >= 11 is 0. The molecule has 4 rings (SSSR count). The molecule has 0 radical (unpaired) electrons. The smallest absolute Gasteiger partial charge is 0.332 e. The third-order valence-electron chi connectivity index (χ3n) is 5.54. The number of aryl methyl sites for hydroxylation is 1. The van der Waals surface area contributed by atoms with Crippen LogP contribution in [0.3, 0.4) is 0 Å². The van der Waals surface area contributed by atoms with Crippen LogP contribution in [0.25, 0.3) is 11.2 Å². The number of nitrogens with one attached hydrogen (secondary N) is 1. The molecule has 1 fully saturated rings. The Balaban J connectivity index is 1.98. The fourth-order valence-corrected chi connectivity index (χ4v) is 3.94. The fraction of sp³-hybridized carbons (Fsp3) is 0.450. The van der Waals surface area contributed by atoms with Gasteiger partial charge in [0.05, 0.1) is 20.8 Å². The lowest BCUT2D eigenvalue weighted by Crippen LogP contribution is -2.44. The molecule has 0 unspecified atom stereocenters. The molecule has 0 spiro atoms. The SMILES string of the molecule is COc1cccc(Cn2c(N3CCNCC3)nc3c2c(=O)n(C)c(=O)n3C)c1OC. The maximum Gasteiger partial charge on any atom is 0.332 e. The quantitative estimate of drug-likeness (QED) is 0.623. The van der Waals surface area contributed by atoms with Crippen LogP contribution < -0.4 is 30.9 Å². The molecular weight excluding hydrogens is 388 g/mol. The molecule has 1 N–H and O–H groups in total. The first-order valence-corrected chi connectivity index (χ1v) is 9.79. The summed E-state index contributed by atoms with van der Waals surface area (Å²) in [4.78, 5) is 32.4. The molecule has 0 aliphatic carbocycles. The summed E-state index contributed by atoms with van der Waals surface area (Å²) in [5.74, 6) is 1.88. The van der Waals surface area contributed by atoms with E-state index >= 15 is 0 Å². The van der Waals surface area contributed by atoms with Crippen molar-refractivity contribution in [2.75, 3.05) is 45.3 Å². The molecule has 10 heteroatoms. The van der Waals surface area contributed by atoms with E-state index < -0.39 is 5.69 Å². The third kappa shape index (κ3) is 3.13. The van der Waals surface area contributed by atoms with Crippen molar-refractivity contribution in [2.45, 2.75) is 6.54 Å². The van der Waals surface area contributed by atoms with E-state index in [1.807, 2.05) is 22.8 Å². The van der Waals surface area contributed by atoms with Crippen molar-refractivity contribution >= 4 is 17.1 Å². The Morgan fingerprint density at radius 1 is 1.07 bits per heavy atom. The lowest BCUT2D eigenvalue weighted by atomic mass is 10.2. The van der Waals surface area contributed by atoms with Crippen LogP contribution in [0.2, 0.25) is 0 Å². The molecule has 0 amide bonds. The van der Waals surface area contributed by atoms with Gasteiger partial charge in [-0.3, -0.25) is 18.5 Å². The Bertz CT molecular complexity index is 1200. The lowest BCUT2D eigenvalue weighted by molar-refractivity contribution is 0.351. The van der Waals surface area contributed by atoms with Gasteiger partial charge in [-0.05, 0) is 6.07 Å². The molecule has 160 valence electrons. The monoisotopic (exact) mass is 414 g/mol. The van der Waals surface area contributed by atoms with E-state index in [9.17, 15) is 9.59 Å². The molecule has 1 aliphatic heterocycles. The largest absolute Gasteiger partial charge is 0.493 e. The summed E-state index contributed by atoms with van der Waals surface area (Å²) in [6.45, 7) is 3.51. The minimum Gasteiger partial charge on any atom is -0.493 e. The van der Waals surface area contributed by atoms with Gasteiger partial charge in [-0.15, -0.1) is 0 Å². The summed E-state index contributed by atoms with van der Waals surface area (Å²) in [6, 6.07) is 5.64. The zero-order valence-electron chi connectivity index (χ0n) is 17.6. The van der Waals surface area contributed by atoms with Gasteiger partial charge in [-0.1, -0.05) is 12.1 Å². The van der Waals surface area contributed by atoms with E-state index in [0.29, 0.717) is 35.2 Å². The summed E-state index contributed by atoms with van der Waals surface area (Å²) in [5.41, 5.74) is 0.840. The van der Waals surface area contributed by atoms with E-state index in [1.54, 1.807) is 21.3 Å². The van der Waals surface area contributed by atoms with Gasteiger partial charge < -0.3 is 19.7 Å². The summed E-state index contributed by atoms with van der Waals surface area (Å²) in [5, 5.41) is 3.33. The van der Waals surface area contributed by atoms with Crippen LogP contribution in [-0.2, 0) is 20.6 Å². The predicted molar refractivity (Wildman–Crippen MR) is 114 cm³/mol. The Hall–Kier alpha value is -3.27. The van der Waals surface area contributed by atoms with E-state index in [2.05, 4.69) is 10.2 Å². The van der Waals surface area contributed by atoms with Gasteiger partial charge in [0.25, 0.3) is 5.56 Å². The molecule has 0 bridgehead atoms. The highest BCUT2D eigenvalue weighted by molar-refractivity contribution is 5.75. The number of fused-ring (bicyclic) bond motifs is 1. The van der Waals surface area contributed by atoms with E-state index in [0.717, 1.165) is 36.3 Å². The number of nitrogens with zero attached hydrogens (tertiary/aromatic N) is 5. The van der Waals surface area contributed by atoms with Crippen LogP contribution in [0, 0.1) is 0 Å². The number of imidazole rings is 1. The van der Waals surface area contributed by atoms with E-state index in [-0.39, 0.29) is 5.56 Å². The van der Waals surface area contributed by atoms with Crippen LogP contribution in [0.1, 0.15) is 5.56 Å². The normalized spacial score (nSPS) is 14.3. The van der Waals surface area contributed by atoms with Crippen molar-refractivity contribution in [1.82, 2.24) is 24.0 Å². The Morgan fingerprint density at radius 3 is 2.47 bits per heavy atom. The molecule has 1 aliphatic rings. The van der Waals surface area contributed by atoms with Crippen LogP contribution >= 0.6 is 0 Å². The maximum absolute atomic E-state index is 13.1. The standard InChI is InChI=1S/C20H26N6O4/c1-23-17-15(18(27)24(2)20(23)28)26(19(22-17)25-10-8-21-9-11-25)12-13-6-5-7-14(29-3)16(13)30-4/h5-7,21H,8-12H2,1-4H3. The number of piperazine rings is 1.